The van der Waals surface area contributed by atoms with Gasteiger partial charge in [-0.2, -0.15) is 0 Å². The van der Waals surface area contributed by atoms with Crippen LogP contribution in [0.4, 0.5) is 0 Å². The molecule has 110 valence electrons. The molecule has 1 atom stereocenters. The van der Waals surface area contributed by atoms with Crippen LogP contribution in [-0.2, 0) is 14.3 Å². The molecule has 0 unspecified atom stereocenters. The number of hydrogen-bond acceptors (Lipinski definition) is 4. The fourth-order valence-electron chi connectivity index (χ4n) is 1.68. The van der Waals surface area contributed by atoms with Crippen LogP contribution in [0.5, 0.6) is 0 Å². The Morgan fingerprint density at radius 2 is 2.00 bits per heavy atom. The zero-order valence-corrected chi connectivity index (χ0v) is 11.8. The first-order valence-electron chi connectivity index (χ1n) is 6.37. The zero-order valence-electron chi connectivity index (χ0n) is 11.8. The van der Waals surface area contributed by atoms with Crippen molar-refractivity contribution in [2.24, 2.45) is 5.73 Å². The van der Waals surface area contributed by atoms with Gasteiger partial charge in [-0.05, 0) is 5.56 Å². The minimum atomic E-state index is -0.757. The van der Waals surface area contributed by atoms with Gasteiger partial charge in [0.05, 0.1) is 13.2 Å². The summed E-state index contributed by atoms with van der Waals surface area (Å²) >= 11 is 0. The second-order valence-corrected chi connectivity index (χ2v) is 4.43. The lowest BCUT2D eigenvalue weighted by molar-refractivity contribution is -0.135. The number of ether oxygens (including phenoxy) is 1. The number of benzene rings is 1. The Hall–Kier alpha value is -1.92. The summed E-state index contributed by atoms with van der Waals surface area (Å²) in [6.07, 6.45) is 0. The lowest BCUT2D eigenvalue weighted by Crippen LogP contribution is -2.42. The molecule has 1 rings (SSSR count). The fourth-order valence-corrected chi connectivity index (χ4v) is 1.68. The van der Waals surface area contributed by atoms with Crippen LogP contribution in [0.2, 0.25) is 0 Å². The van der Waals surface area contributed by atoms with Crippen LogP contribution >= 0.6 is 0 Å². The lowest BCUT2D eigenvalue weighted by Gasteiger charge is -2.21. The van der Waals surface area contributed by atoms with Gasteiger partial charge in [-0.1, -0.05) is 30.3 Å². The molecule has 1 aromatic carbocycles. The molecule has 0 aromatic heterocycles. The molecule has 20 heavy (non-hydrogen) atoms. The van der Waals surface area contributed by atoms with Gasteiger partial charge in [0.2, 0.25) is 11.8 Å². The van der Waals surface area contributed by atoms with Crippen LogP contribution in [0.3, 0.4) is 0 Å². The SMILES string of the molecule is COCCNC(=O)CN(C)C(=O)[C@H](N)c1ccccc1. The van der Waals surface area contributed by atoms with Gasteiger partial charge in [-0.25, -0.2) is 0 Å². The van der Waals surface area contributed by atoms with Crippen molar-refractivity contribution in [1.29, 1.82) is 0 Å². The first-order chi connectivity index (χ1) is 9.56. The summed E-state index contributed by atoms with van der Waals surface area (Å²) in [5, 5.41) is 2.65. The molecule has 0 aliphatic rings. The molecule has 0 aliphatic carbocycles. The molecule has 0 bridgehead atoms. The van der Waals surface area contributed by atoms with Crippen LogP contribution in [-0.4, -0.2) is 50.6 Å². The van der Waals surface area contributed by atoms with E-state index < -0.39 is 6.04 Å². The molecule has 0 saturated carbocycles. The molecule has 3 N–H and O–H groups in total. The minimum absolute atomic E-state index is 0.0247. The maximum Gasteiger partial charge on any atom is 0.244 e. The van der Waals surface area contributed by atoms with E-state index in [9.17, 15) is 9.59 Å². The molecule has 0 saturated heterocycles. The number of amides is 2. The molecule has 1 aromatic rings. The van der Waals surface area contributed by atoms with Crippen molar-refractivity contribution in [1.82, 2.24) is 10.2 Å². The van der Waals surface area contributed by atoms with E-state index in [1.54, 1.807) is 26.3 Å². The third-order valence-electron chi connectivity index (χ3n) is 2.81. The number of likely N-dealkylation sites (N-methyl/N-ethyl adjacent to an activating group) is 1. The third kappa shape index (κ3) is 4.99. The predicted molar refractivity (Wildman–Crippen MR) is 75.9 cm³/mol. The Bertz CT molecular complexity index is 437. The highest BCUT2D eigenvalue weighted by Crippen LogP contribution is 2.11. The lowest BCUT2D eigenvalue weighted by atomic mass is 10.1. The molecule has 0 fully saturated rings. The van der Waals surface area contributed by atoms with Crippen LogP contribution in [0, 0.1) is 0 Å². The number of carbonyl (C=O) groups excluding carboxylic acids is 2. The van der Waals surface area contributed by atoms with E-state index >= 15 is 0 Å². The normalized spacial score (nSPS) is 11.8. The van der Waals surface area contributed by atoms with Gasteiger partial charge in [0, 0.05) is 20.7 Å². The monoisotopic (exact) mass is 279 g/mol. The number of nitrogens with one attached hydrogen (secondary N) is 1. The third-order valence-corrected chi connectivity index (χ3v) is 2.81. The first-order valence-corrected chi connectivity index (χ1v) is 6.37. The molecule has 0 radical (unpaired) electrons. The topological polar surface area (TPSA) is 84.7 Å². The molecule has 0 spiro atoms. The van der Waals surface area contributed by atoms with Crippen molar-refractivity contribution in [3.63, 3.8) is 0 Å². The molecule has 0 aliphatic heterocycles. The number of carbonyl (C=O) groups is 2. The largest absolute Gasteiger partial charge is 0.383 e. The average Bonchev–Trinajstić information content (AvgIpc) is 2.46. The Balaban J connectivity index is 2.48. The van der Waals surface area contributed by atoms with Crippen LogP contribution in [0.25, 0.3) is 0 Å². The smallest absolute Gasteiger partial charge is 0.244 e. The Kier molecular flexibility index (Phi) is 6.69. The predicted octanol–water partition coefficient (Wildman–Crippen LogP) is -0.0926. The van der Waals surface area contributed by atoms with Crippen molar-refractivity contribution < 1.29 is 14.3 Å². The van der Waals surface area contributed by atoms with Gasteiger partial charge in [0.15, 0.2) is 0 Å². The molecule has 6 heteroatoms. The van der Waals surface area contributed by atoms with Crippen molar-refractivity contribution in [3.8, 4) is 0 Å². The van der Waals surface area contributed by atoms with E-state index in [4.69, 9.17) is 10.5 Å². The van der Waals surface area contributed by atoms with Gasteiger partial charge in [0.1, 0.15) is 6.04 Å². The molecular formula is C14H21N3O3. The highest BCUT2D eigenvalue weighted by atomic mass is 16.5. The van der Waals surface area contributed by atoms with E-state index in [1.165, 1.54) is 4.90 Å². The van der Waals surface area contributed by atoms with Crippen molar-refractivity contribution in [2.75, 3.05) is 33.9 Å². The maximum absolute atomic E-state index is 12.1. The van der Waals surface area contributed by atoms with E-state index in [1.807, 2.05) is 18.2 Å². The summed E-state index contributed by atoms with van der Waals surface area (Å²) < 4.78 is 4.83. The van der Waals surface area contributed by atoms with Crippen LogP contribution in [0.15, 0.2) is 30.3 Å². The van der Waals surface area contributed by atoms with Gasteiger partial charge in [-0.15, -0.1) is 0 Å². The second-order valence-electron chi connectivity index (χ2n) is 4.43. The molecule has 6 nitrogen and oxygen atoms in total. The summed E-state index contributed by atoms with van der Waals surface area (Å²) in [6.45, 7) is 0.831. The quantitative estimate of drug-likeness (QED) is 0.683. The Labute approximate surface area is 118 Å². The zero-order chi connectivity index (χ0) is 15.0. The van der Waals surface area contributed by atoms with Gasteiger partial charge >= 0.3 is 0 Å². The average molecular weight is 279 g/mol. The Morgan fingerprint density at radius 3 is 2.60 bits per heavy atom. The molecule has 0 heterocycles. The van der Waals surface area contributed by atoms with Crippen LogP contribution in [0.1, 0.15) is 11.6 Å². The van der Waals surface area contributed by atoms with Crippen molar-refractivity contribution in [3.05, 3.63) is 35.9 Å². The summed E-state index contributed by atoms with van der Waals surface area (Å²) in [7, 11) is 3.11. The van der Waals surface area contributed by atoms with Crippen molar-refractivity contribution >= 4 is 11.8 Å². The number of methoxy groups -OCH3 is 1. The molecule has 2 amide bonds. The van der Waals surface area contributed by atoms with E-state index in [0.717, 1.165) is 5.56 Å². The summed E-state index contributed by atoms with van der Waals surface area (Å²) in [6, 6.07) is 8.31. The van der Waals surface area contributed by atoms with E-state index in [-0.39, 0.29) is 18.4 Å². The Morgan fingerprint density at radius 1 is 1.35 bits per heavy atom. The van der Waals surface area contributed by atoms with Gasteiger partial charge in [-0.3, -0.25) is 9.59 Å². The van der Waals surface area contributed by atoms with Gasteiger partial charge < -0.3 is 20.7 Å². The number of nitrogens with zero attached hydrogens (tertiary/aromatic N) is 1. The highest BCUT2D eigenvalue weighted by Gasteiger charge is 2.21. The van der Waals surface area contributed by atoms with Crippen molar-refractivity contribution in [2.45, 2.75) is 6.04 Å². The first kappa shape index (κ1) is 16.1. The standard InChI is InChI=1S/C14H21N3O3/c1-17(10-12(18)16-8-9-20-2)14(19)13(15)11-6-4-3-5-7-11/h3-7,13H,8-10,15H2,1-2H3,(H,16,18)/t13-/m1/s1. The summed E-state index contributed by atoms with van der Waals surface area (Å²) in [5.74, 6) is -0.531. The molecular weight excluding hydrogens is 258 g/mol. The minimum Gasteiger partial charge on any atom is -0.383 e. The number of nitrogens with two attached hydrogens (primary N) is 1. The van der Waals surface area contributed by atoms with E-state index in [2.05, 4.69) is 5.32 Å². The summed E-state index contributed by atoms with van der Waals surface area (Å²) in [4.78, 5) is 25.0. The van der Waals surface area contributed by atoms with E-state index in [0.29, 0.717) is 13.2 Å². The second kappa shape index (κ2) is 8.29. The van der Waals surface area contributed by atoms with Crippen LogP contribution < -0.4 is 11.1 Å². The summed E-state index contributed by atoms with van der Waals surface area (Å²) in [5.41, 5.74) is 6.62. The number of rotatable bonds is 7. The fraction of sp³-hybridized carbons (Fsp3) is 0.429. The maximum atomic E-state index is 12.1. The highest BCUT2D eigenvalue weighted by molar-refractivity contribution is 5.87. The van der Waals surface area contributed by atoms with Gasteiger partial charge in [0.25, 0.3) is 0 Å². The number of hydrogen-bond donors (Lipinski definition) is 2.